The maximum absolute atomic E-state index is 12.7. The van der Waals surface area contributed by atoms with E-state index in [9.17, 15) is 4.79 Å². The first kappa shape index (κ1) is 20.2. The Labute approximate surface area is 156 Å². The molecule has 2 unspecified atom stereocenters. The van der Waals surface area contributed by atoms with Crippen molar-refractivity contribution in [3.05, 3.63) is 22.4 Å². The lowest BCUT2D eigenvalue weighted by atomic mass is 10.0. The van der Waals surface area contributed by atoms with Crippen LogP contribution in [0.3, 0.4) is 0 Å². The van der Waals surface area contributed by atoms with Crippen LogP contribution < -0.4 is 5.32 Å². The van der Waals surface area contributed by atoms with Crippen molar-refractivity contribution in [2.24, 2.45) is 0 Å². The van der Waals surface area contributed by atoms with Crippen molar-refractivity contribution >= 4 is 17.4 Å². The molecule has 1 fully saturated rings. The number of thiophene rings is 1. The summed E-state index contributed by atoms with van der Waals surface area (Å²) < 4.78 is 5.65. The van der Waals surface area contributed by atoms with E-state index in [1.807, 2.05) is 25.7 Å². The lowest BCUT2D eigenvalue weighted by Crippen LogP contribution is -2.46. The first-order valence-corrected chi connectivity index (χ1v) is 10.4. The van der Waals surface area contributed by atoms with Gasteiger partial charge >= 0.3 is 6.09 Å². The molecule has 0 saturated carbocycles. The van der Waals surface area contributed by atoms with E-state index in [4.69, 9.17) is 4.74 Å². The number of nitrogens with one attached hydrogen (secondary N) is 1. The quantitative estimate of drug-likeness (QED) is 0.763. The molecule has 142 valence electrons. The number of hydrogen-bond donors (Lipinski definition) is 1. The summed E-state index contributed by atoms with van der Waals surface area (Å²) in [4.78, 5) is 16.0. The highest BCUT2D eigenvalue weighted by molar-refractivity contribution is 7.10. The number of carbonyl (C=O) groups is 1. The van der Waals surface area contributed by atoms with Gasteiger partial charge in [0.15, 0.2) is 0 Å². The third-order valence-electron chi connectivity index (χ3n) is 4.64. The third-order valence-corrected chi connectivity index (χ3v) is 5.69. The topological polar surface area (TPSA) is 41.6 Å². The zero-order valence-electron chi connectivity index (χ0n) is 16.4. The molecule has 1 aliphatic heterocycles. The molecule has 2 rings (SSSR count). The molecule has 0 radical (unpaired) electrons. The lowest BCUT2D eigenvalue weighted by Gasteiger charge is -2.34. The molecule has 0 aromatic carbocycles. The van der Waals surface area contributed by atoms with Crippen molar-refractivity contribution < 1.29 is 9.53 Å². The van der Waals surface area contributed by atoms with Gasteiger partial charge in [-0.05, 0) is 65.3 Å². The minimum absolute atomic E-state index is 0.155. The lowest BCUT2D eigenvalue weighted by molar-refractivity contribution is 0.0149. The molecular weight excluding hydrogens is 332 g/mol. The molecule has 25 heavy (non-hydrogen) atoms. The van der Waals surface area contributed by atoms with E-state index < -0.39 is 5.60 Å². The Bertz CT molecular complexity index is 524. The van der Waals surface area contributed by atoms with Crippen LogP contribution in [0.25, 0.3) is 0 Å². The molecule has 0 aliphatic carbocycles. The minimum atomic E-state index is -0.439. The van der Waals surface area contributed by atoms with Crippen LogP contribution in [0, 0.1) is 0 Å². The van der Waals surface area contributed by atoms with Gasteiger partial charge in [0.25, 0.3) is 0 Å². The third kappa shape index (κ3) is 6.63. The second-order valence-corrected chi connectivity index (χ2v) is 9.20. The summed E-state index contributed by atoms with van der Waals surface area (Å²) in [6, 6.07) is 5.22. The molecule has 5 heteroatoms. The van der Waals surface area contributed by atoms with Crippen LogP contribution in [-0.4, -0.2) is 35.2 Å². The highest BCUT2D eigenvalue weighted by Gasteiger charge is 2.30. The number of likely N-dealkylation sites (tertiary alicyclic amines) is 1. The maximum atomic E-state index is 12.7. The van der Waals surface area contributed by atoms with Crippen LogP contribution in [0.1, 0.15) is 77.6 Å². The van der Waals surface area contributed by atoms with Gasteiger partial charge in [-0.15, -0.1) is 11.3 Å². The number of rotatable bonds is 5. The molecular formula is C20H34N2O2S. The van der Waals surface area contributed by atoms with Crippen molar-refractivity contribution in [3.8, 4) is 0 Å². The molecule has 0 spiro atoms. The predicted molar refractivity (Wildman–Crippen MR) is 105 cm³/mol. The second-order valence-electron chi connectivity index (χ2n) is 8.22. The van der Waals surface area contributed by atoms with Gasteiger partial charge in [-0.3, -0.25) is 0 Å². The number of hydrogen-bond acceptors (Lipinski definition) is 4. The Morgan fingerprint density at radius 1 is 1.36 bits per heavy atom. The zero-order valence-corrected chi connectivity index (χ0v) is 17.2. The van der Waals surface area contributed by atoms with E-state index in [1.165, 1.54) is 17.7 Å². The summed E-state index contributed by atoms with van der Waals surface area (Å²) in [6.45, 7) is 11.1. The van der Waals surface area contributed by atoms with Crippen LogP contribution in [-0.2, 0) is 4.74 Å². The molecule has 0 bridgehead atoms. The molecule has 4 nitrogen and oxygen atoms in total. The molecule has 3 atom stereocenters. The summed E-state index contributed by atoms with van der Waals surface area (Å²) in [5.41, 5.74) is -0.439. The average Bonchev–Trinajstić information content (AvgIpc) is 2.93. The zero-order chi connectivity index (χ0) is 18.4. The van der Waals surface area contributed by atoms with Crippen molar-refractivity contribution in [1.29, 1.82) is 0 Å². The Kier molecular flexibility index (Phi) is 7.32. The van der Waals surface area contributed by atoms with Crippen molar-refractivity contribution in [2.75, 3.05) is 6.54 Å². The van der Waals surface area contributed by atoms with Gasteiger partial charge in [-0.25, -0.2) is 4.79 Å². The second kappa shape index (κ2) is 9.04. The van der Waals surface area contributed by atoms with E-state index in [-0.39, 0.29) is 12.1 Å². The largest absolute Gasteiger partial charge is 0.444 e. The fourth-order valence-corrected chi connectivity index (χ4v) is 4.25. The molecule has 1 aromatic heterocycles. The van der Waals surface area contributed by atoms with Gasteiger partial charge in [-0.2, -0.15) is 0 Å². The van der Waals surface area contributed by atoms with E-state index in [0.717, 1.165) is 25.8 Å². The monoisotopic (exact) mass is 366 g/mol. The summed E-state index contributed by atoms with van der Waals surface area (Å²) >= 11 is 1.79. The predicted octanol–water partition coefficient (Wildman–Crippen LogP) is 5.36. The van der Waals surface area contributed by atoms with Crippen molar-refractivity contribution in [2.45, 2.75) is 90.4 Å². The summed E-state index contributed by atoms with van der Waals surface area (Å²) in [6.07, 6.45) is 5.34. The van der Waals surface area contributed by atoms with Gasteiger partial charge in [0.1, 0.15) is 5.60 Å². The fourth-order valence-electron chi connectivity index (χ4n) is 3.51. The summed E-state index contributed by atoms with van der Waals surface area (Å²) in [5, 5.41) is 5.81. The van der Waals surface area contributed by atoms with Crippen LogP contribution >= 0.6 is 11.3 Å². The maximum Gasteiger partial charge on any atom is 0.410 e. The highest BCUT2D eigenvalue weighted by atomic mass is 32.1. The Morgan fingerprint density at radius 2 is 2.12 bits per heavy atom. The van der Waals surface area contributed by atoms with Crippen LogP contribution in [0.15, 0.2) is 17.5 Å². The van der Waals surface area contributed by atoms with E-state index in [0.29, 0.717) is 12.1 Å². The van der Waals surface area contributed by atoms with E-state index in [2.05, 4.69) is 36.7 Å². The number of ether oxygens (including phenoxy) is 1. The fraction of sp³-hybridized carbons (Fsp3) is 0.750. The number of amides is 1. The molecule has 1 saturated heterocycles. The van der Waals surface area contributed by atoms with Crippen LogP contribution in [0.5, 0.6) is 0 Å². The first-order chi connectivity index (χ1) is 11.8. The molecule has 1 amide bonds. The van der Waals surface area contributed by atoms with Gasteiger partial charge in [0.2, 0.25) is 0 Å². The van der Waals surface area contributed by atoms with Gasteiger partial charge in [0, 0.05) is 29.5 Å². The molecule has 1 aromatic rings. The Hall–Kier alpha value is -1.07. The Morgan fingerprint density at radius 3 is 2.76 bits per heavy atom. The molecule has 1 aliphatic rings. The van der Waals surface area contributed by atoms with Crippen molar-refractivity contribution in [3.63, 3.8) is 0 Å². The van der Waals surface area contributed by atoms with E-state index in [1.54, 1.807) is 11.3 Å². The molecule has 1 N–H and O–H groups in total. The van der Waals surface area contributed by atoms with E-state index >= 15 is 0 Å². The van der Waals surface area contributed by atoms with Crippen molar-refractivity contribution in [1.82, 2.24) is 10.2 Å². The highest BCUT2D eigenvalue weighted by Crippen LogP contribution is 2.25. The smallest absolute Gasteiger partial charge is 0.410 e. The standard InChI is InChI=1S/C20H34N2O2S/c1-15(21-16(2)18-11-9-13-25-18)14-17-10-7-6-8-12-22(17)19(23)24-20(3,4)5/h9,11,13,15-17,21H,6-8,10,12,14H2,1-5H3/t15?,16-,17?/m0/s1. The minimum Gasteiger partial charge on any atom is -0.444 e. The number of nitrogens with zero attached hydrogens (tertiary/aromatic N) is 1. The van der Waals surface area contributed by atoms with Gasteiger partial charge < -0.3 is 15.0 Å². The van der Waals surface area contributed by atoms with Crippen LogP contribution in [0.4, 0.5) is 4.79 Å². The van der Waals surface area contributed by atoms with Gasteiger partial charge in [0.05, 0.1) is 0 Å². The average molecular weight is 367 g/mol. The number of carbonyl (C=O) groups excluding carboxylic acids is 1. The summed E-state index contributed by atoms with van der Waals surface area (Å²) in [7, 11) is 0. The van der Waals surface area contributed by atoms with Crippen LogP contribution in [0.2, 0.25) is 0 Å². The van der Waals surface area contributed by atoms with Gasteiger partial charge in [-0.1, -0.05) is 18.9 Å². The first-order valence-electron chi connectivity index (χ1n) is 9.55. The Balaban J connectivity index is 1.96. The normalized spacial score (nSPS) is 21.5. The SMILES string of the molecule is CC(CC1CCCCCN1C(=O)OC(C)(C)C)N[C@@H](C)c1cccs1. The molecule has 2 heterocycles. The summed E-state index contributed by atoms with van der Waals surface area (Å²) in [5.74, 6) is 0.